The van der Waals surface area contributed by atoms with Gasteiger partial charge in [-0.3, -0.25) is 0 Å². The summed E-state index contributed by atoms with van der Waals surface area (Å²) in [5.41, 5.74) is 6.60. The number of anilines is 2. The van der Waals surface area contributed by atoms with E-state index in [2.05, 4.69) is 85.5 Å². The number of hydrogen-bond acceptors (Lipinski definition) is 1. The Labute approximate surface area is 120 Å². The molecule has 0 radical (unpaired) electrons. The third-order valence-corrected chi connectivity index (χ3v) is 3.79. The highest BCUT2D eigenvalue weighted by molar-refractivity contribution is 5.90. The molecule has 0 aromatic heterocycles. The molecule has 1 aliphatic rings. The number of allylic oxidation sites excluding steroid dienone is 3. The standard InChI is InChI=1S/C19H19N/c1-3-15(2)13-16-14-20(17-9-5-4-6-10-17)19-12-8-7-11-18(16)19/h3-13H,14H2,1-2H3/b15-3-,16-13+. The van der Waals surface area contributed by atoms with E-state index in [0.29, 0.717) is 0 Å². The van der Waals surface area contributed by atoms with Gasteiger partial charge in [0.05, 0.1) is 0 Å². The number of fused-ring (bicyclic) bond motifs is 1. The lowest BCUT2D eigenvalue weighted by Gasteiger charge is -2.18. The highest BCUT2D eigenvalue weighted by Crippen LogP contribution is 2.40. The number of para-hydroxylation sites is 2. The highest BCUT2D eigenvalue weighted by Gasteiger charge is 2.23. The molecule has 3 rings (SSSR count). The zero-order chi connectivity index (χ0) is 13.9. The lowest BCUT2D eigenvalue weighted by Crippen LogP contribution is -2.12. The van der Waals surface area contributed by atoms with Crippen LogP contribution in [0.4, 0.5) is 11.4 Å². The average Bonchev–Trinajstić information content (AvgIpc) is 2.87. The zero-order valence-corrected chi connectivity index (χ0v) is 12.0. The molecule has 1 heteroatoms. The molecule has 0 atom stereocenters. The van der Waals surface area contributed by atoms with Gasteiger partial charge in [0, 0.05) is 23.5 Å². The van der Waals surface area contributed by atoms with Crippen LogP contribution in [0.1, 0.15) is 19.4 Å². The highest BCUT2D eigenvalue weighted by atomic mass is 15.2. The summed E-state index contributed by atoms with van der Waals surface area (Å²) >= 11 is 0. The topological polar surface area (TPSA) is 3.24 Å². The van der Waals surface area contributed by atoms with Crippen LogP contribution in [0.3, 0.4) is 0 Å². The van der Waals surface area contributed by atoms with Gasteiger partial charge in [-0.2, -0.15) is 0 Å². The number of nitrogens with zero attached hydrogens (tertiary/aromatic N) is 1. The van der Waals surface area contributed by atoms with Gasteiger partial charge < -0.3 is 4.90 Å². The fraction of sp³-hybridized carbons (Fsp3) is 0.158. The molecule has 2 aromatic carbocycles. The van der Waals surface area contributed by atoms with E-state index in [4.69, 9.17) is 0 Å². The Morgan fingerprint density at radius 1 is 1.00 bits per heavy atom. The molecule has 1 heterocycles. The van der Waals surface area contributed by atoms with Crippen LogP contribution in [-0.2, 0) is 0 Å². The van der Waals surface area contributed by atoms with Crippen LogP contribution in [0.25, 0.3) is 5.57 Å². The molecule has 0 amide bonds. The van der Waals surface area contributed by atoms with Gasteiger partial charge in [0.25, 0.3) is 0 Å². The number of hydrogen-bond donors (Lipinski definition) is 0. The van der Waals surface area contributed by atoms with Gasteiger partial charge >= 0.3 is 0 Å². The van der Waals surface area contributed by atoms with E-state index in [0.717, 1.165) is 6.54 Å². The summed E-state index contributed by atoms with van der Waals surface area (Å²) in [4.78, 5) is 2.38. The molecule has 0 bridgehead atoms. The van der Waals surface area contributed by atoms with Crippen molar-refractivity contribution in [1.82, 2.24) is 0 Å². The third kappa shape index (κ3) is 2.27. The monoisotopic (exact) mass is 261 g/mol. The van der Waals surface area contributed by atoms with Crippen LogP contribution in [-0.4, -0.2) is 6.54 Å². The van der Waals surface area contributed by atoms with Crippen LogP contribution < -0.4 is 4.90 Å². The largest absolute Gasteiger partial charge is 0.336 e. The normalized spacial score (nSPS) is 16.6. The maximum atomic E-state index is 2.38. The van der Waals surface area contributed by atoms with Gasteiger partial charge in [0.1, 0.15) is 0 Å². The first-order valence-electron chi connectivity index (χ1n) is 7.05. The molecule has 100 valence electrons. The van der Waals surface area contributed by atoms with Crippen LogP contribution in [0.15, 0.2) is 72.3 Å². The molecule has 1 aliphatic heterocycles. The van der Waals surface area contributed by atoms with Crippen molar-refractivity contribution in [3.05, 3.63) is 77.9 Å². The summed E-state index contributed by atoms with van der Waals surface area (Å²) < 4.78 is 0. The minimum atomic E-state index is 0.939. The van der Waals surface area contributed by atoms with E-state index >= 15 is 0 Å². The van der Waals surface area contributed by atoms with E-state index < -0.39 is 0 Å². The quantitative estimate of drug-likeness (QED) is 0.719. The van der Waals surface area contributed by atoms with E-state index in [1.807, 2.05) is 0 Å². The van der Waals surface area contributed by atoms with E-state index in [1.54, 1.807) is 0 Å². The fourth-order valence-corrected chi connectivity index (χ4v) is 2.64. The van der Waals surface area contributed by atoms with Gasteiger partial charge in [-0.1, -0.05) is 54.1 Å². The van der Waals surface area contributed by atoms with Crippen molar-refractivity contribution < 1.29 is 0 Å². The summed E-state index contributed by atoms with van der Waals surface area (Å²) in [6.45, 7) is 5.18. The smallest absolute Gasteiger partial charge is 0.0490 e. The van der Waals surface area contributed by atoms with Crippen LogP contribution >= 0.6 is 0 Å². The minimum Gasteiger partial charge on any atom is -0.336 e. The summed E-state index contributed by atoms with van der Waals surface area (Å²) in [6, 6.07) is 19.2. The van der Waals surface area contributed by atoms with Crippen LogP contribution in [0.2, 0.25) is 0 Å². The zero-order valence-electron chi connectivity index (χ0n) is 12.0. The maximum Gasteiger partial charge on any atom is 0.0490 e. The predicted molar refractivity (Wildman–Crippen MR) is 87.3 cm³/mol. The van der Waals surface area contributed by atoms with Gasteiger partial charge in [0.15, 0.2) is 0 Å². The first-order valence-corrected chi connectivity index (χ1v) is 7.05. The van der Waals surface area contributed by atoms with Crippen LogP contribution in [0, 0.1) is 0 Å². The van der Waals surface area contributed by atoms with Crippen molar-refractivity contribution >= 4 is 16.9 Å². The Morgan fingerprint density at radius 3 is 2.45 bits per heavy atom. The molecule has 1 nitrogen and oxygen atoms in total. The molecular weight excluding hydrogens is 242 g/mol. The van der Waals surface area contributed by atoms with Crippen molar-refractivity contribution in [3.63, 3.8) is 0 Å². The van der Waals surface area contributed by atoms with Crippen molar-refractivity contribution in [2.45, 2.75) is 13.8 Å². The van der Waals surface area contributed by atoms with Crippen molar-refractivity contribution in [2.24, 2.45) is 0 Å². The molecule has 0 saturated carbocycles. The molecule has 20 heavy (non-hydrogen) atoms. The third-order valence-electron chi connectivity index (χ3n) is 3.79. The number of benzene rings is 2. The minimum absolute atomic E-state index is 0.939. The second kappa shape index (κ2) is 5.38. The Balaban J connectivity index is 2.08. The number of rotatable bonds is 2. The molecule has 0 unspecified atom stereocenters. The molecular formula is C19H19N. The Morgan fingerprint density at radius 2 is 1.70 bits per heavy atom. The fourth-order valence-electron chi connectivity index (χ4n) is 2.64. The SMILES string of the molecule is C/C=C(C)\C=C1/CN(c2ccccc2)c2ccccc21. The summed E-state index contributed by atoms with van der Waals surface area (Å²) in [5.74, 6) is 0. The van der Waals surface area contributed by atoms with Crippen LogP contribution in [0.5, 0.6) is 0 Å². The molecule has 0 aliphatic carbocycles. The molecule has 0 fully saturated rings. The Hall–Kier alpha value is -2.28. The van der Waals surface area contributed by atoms with E-state index in [1.165, 1.54) is 28.1 Å². The lowest BCUT2D eigenvalue weighted by molar-refractivity contribution is 1.16. The van der Waals surface area contributed by atoms with Crippen molar-refractivity contribution in [3.8, 4) is 0 Å². The molecule has 0 saturated heterocycles. The second-order valence-electron chi connectivity index (χ2n) is 5.14. The first kappa shape index (κ1) is 12.7. The van der Waals surface area contributed by atoms with E-state index in [-0.39, 0.29) is 0 Å². The average molecular weight is 261 g/mol. The van der Waals surface area contributed by atoms with Gasteiger partial charge in [-0.25, -0.2) is 0 Å². The van der Waals surface area contributed by atoms with E-state index in [9.17, 15) is 0 Å². The van der Waals surface area contributed by atoms with Crippen molar-refractivity contribution in [2.75, 3.05) is 11.4 Å². The molecule has 0 N–H and O–H groups in total. The first-order chi connectivity index (χ1) is 9.79. The molecule has 2 aromatic rings. The summed E-state index contributed by atoms with van der Waals surface area (Å²) in [7, 11) is 0. The van der Waals surface area contributed by atoms with Crippen molar-refractivity contribution in [1.29, 1.82) is 0 Å². The summed E-state index contributed by atoms with van der Waals surface area (Å²) in [6.07, 6.45) is 4.45. The Kier molecular flexibility index (Phi) is 3.42. The predicted octanol–water partition coefficient (Wildman–Crippen LogP) is 5.19. The van der Waals surface area contributed by atoms with Gasteiger partial charge in [-0.15, -0.1) is 0 Å². The molecule has 0 spiro atoms. The second-order valence-corrected chi connectivity index (χ2v) is 5.14. The van der Waals surface area contributed by atoms with Gasteiger partial charge in [-0.05, 0) is 37.6 Å². The van der Waals surface area contributed by atoms with Gasteiger partial charge in [0.2, 0.25) is 0 Å². The Bertz CT molecular complexity index is 665. The summed E-state index contributed by atoms with van der Waals surface area (Å²) in [5, 5.41) is 0. The lowest BCUT2D eigenvalue weighted by atomic mass is 10.1. The maximum absolute atomic E-state index is 2.38.